The standard InChI is InChI=1S/C12H15N3O2S/c1-2-18-9-5-3-8(4-6-9)11-14-12(17-15-11)10(16)7-13/h3-6,10,16H,2,7,13H2,1H3. The molecule has 0 fully saturated rings. The van der Waals surface area contributed by atoms with Crippen LogP contribution in [0.1, 0.15) is 18.9 Å². The van der Waals surface area contributed by atoms with Crippen molar-refractivity contribution in [2.75, 3.05) is 12.3 Å². The van der Waals surface area contributed by atoms with Crippen molar-refractivity contribution < 1.29 is 9.63 Å². The minimum Gasteiger partial charge on any atom is -0.382 e. The van der Waals surface area contributed by atoms with Gasteiger partial charge in [-0.25, -0.2) is 0 Å². The molecule has 0 aliphatic carbocycles. The van der Waals surface area contributed by atoms with Crippen LogP contribution >= 0.6 is 11.8 Å². The van der Waals surface area contributed by atoms with Gasteiger partial charge in [-0.3, -0.25) is 0 Å². The molecule has 2 aromatic rings. The monoisotopic (exact) mass is 265 g/mol. The molecule has 18 heavy (non-hydrogen) atoms. The van der Waals surface area contributed by atoms with Gasteiger partial charge in [-0.1, -0.05) is 12.1 Å². The van der Waals surface area contributed by atoms with Crippen LogP contribution < -0.4 is 5.73 Å². The zero-order chi connectivity index (χ0) is 13.0. The highest BCUT2D eigenvalue weighted by molar-refractivity contribution is 7.99. The van der Waals surface area contributed by atoms with Crippen molar-refractivity contribution >= 4 is 11.8 Å². The molecule has 6 heteroatoms. The highest BCUT2D eigenvalue weighted by atomic mass is 32.2. The van der Waals surface area contributed by atoms with Gasteiger partial charge in [-0.05, 0) is 30.0 Å². The molecule has 0 bridgehead atoms. The van der Waals surface area contributed by atoms with Crippen molar-refractivity contribution in [1.29, 1.82) is 0 Å². The SMILES string of the molecule is CCSc1ccc(-c2noc(C(O)CN)n2)cc1. The van der Waals surface area contributed by atoms with Crippen molar-refractivity contribution in [3.05, 3.63) is 30.2 Å². The average molecular weight is 265 g/mol. The lowest BCUT2D eigenvalue weighted by Crippen LogP contribution is -2.11. The minimum atomic E-state index is -0.902. The Kier molecular flexibility index (Phi) is 4.35. The molecule has 0 amide bonds. The molecule has 1 unspecified atom stereocenters. The summed E-state index contributed by atoms with van der Waals surface area (Å²) < 4.78 is 4.95. The summed E-state index contributed by atoms with van der Waals surface area (Å²) in [5, 5.41) is 13.3. The van der Waals surface area contributed by atoms with E-state index >= 15 is 0 Å². The van der Waals surface area contributed by atoms with Crippen molar-refractivity contribution in [3.63, 3.8) is 0 Å². The molecule has 1 aromatic heterocycles. The number of hydrogen-bond donors (Lipinski definition) is 2. The highest BCUT2D eigenvalue weighted by Crippen LogP contribution is 2.23. The van der Waals surface area contributed by atoms with E-state index in [4.69, 9.17) is 10.3 Å². The Balaban J connectivity index is 2.18. The summed E-state index contributed by atoms with van der Waals surface area (Å²) in [6.07, 6.45) is -0.902. The lowest BCUT2D eigenvalue weighted by atomic mass is 10.2. The fraction of sp³-hybridized carbons (Fsp3) is 0.333. The van der Waals surface area contributed by atoms with Gasteiger partial charge in [0.25, 0.3) is 5.89 Å². The molecule has 96 valence electrons. The van der Waals surface area contributed by atoms with Crippen LogP contribution in [0.2, 0.25) is 0 Å². The zero-order valence-corrected chi connectivity index (χ0v) is 10.9. The van der Waals surface area contributed by atoms with Gasteiger partial charge in [0.1, 0.15) is 6.10 Å². The van der Waals surface area contributed by atoms with Crippen LogP contribution in [0.25, 0.3) is 11.4 Å². The lowest BCUT2D eigenvalue weighted by Gasteiger charge is -1.99. The third-order valence-electron chi connectivity index (χ3n) is 2.37. The van der Waals surface area contributed by atoms with Crippen molar-refractivity contribution in [3.8, 4) is 11.4 Å². The fourth-order valence-electron chi connectivity index (χ4n) is 1.46. The smallest absolute Gasteiger partial charge is 0.257 e. The summed E-state index contributed by atoms with van der Waals surface area (Å²) in [4.78, 5) is 5.31. The Morgan fingerprint density at radius 2 is 2.11 bits per heavy atom. The third-order valence-corrected chi connectivity index (χ3v) is 3.27. The molecule has 1 aromatic carbocycles. The van der Waals surface area contributed by atoms with Crippen LogP contribution in [0, 0.1) is 0 Å². The quantitative estimate of drug-likeness (QED) is 0.802. The maximum Gasteiger partial charge on any atom is 0.257 e. The van der Waals surface area contributed by atoms with Gasteiger partial charge < -0.3 is 15.4 Å². The van der Waals surface area contributed by atoms with Crippen LogP contribution in [0.4, 0.5) is 0 Å². The summed E-state index contributed by atoms with van der Waals surface area (Å²) >= 11 is 1.77. The minimum absolute atomic E-state index is 0.0632. The molecule has 0 spiro atoms. The Labute approximate surface area is 109 Å². The van der Waals surface area contributed by atoms with Gasteiger partial charge in [0, 0.05) is 17.0 Å². The van der Waals surface area contributed by atoms with Gasteiger partial charge in [-0.15, -0.1) is 11.8 Å². The van der Waals surface area contributed by atoms with E-state index in [1.54, 1.807) is 11.8 Å². The molecule has 0 saturated carbocycles. The highest BCUT2D eigenvalue weighted by Gasteiger charge is 2.15. The molecule has 0 aliphatic heterocycles. The fourth-order valence-corrected chi connectivity index (χ4v) is 2.12. The van der Waals surface area contributed by atoms with E-state index in [1.165, 1.54) is 4.90 Å². The van der Waals surface area contributed by atoms with Gasteiger partial charge in [0.15, 0.2) is 0 Å². The Bertz CT molecular complexity index is 498. The van der Waals surface area contributed by atoms with E-state index < -0.39 is 6.10 Å². The number of nitrogens with two attached hydrogens (primary N) is 1. The van der Waals surface area contributed by atoms with Crippen molar-refractivity contribution in [1.82, 2.24) is 10.1 Å². The Morgan fingerprint density at radius 1 is 1.39 bits per heavy atom. The van der Waals surface area contributed by atoms with Crippen LogP contribution in [-0.2, 0) is 0 Å². The molecule has 5 nitrogen and oxygen atoms in total. The Morgan fingerprint density at radius 3 is 2.72 bits per heavy atom. The number of hydrogen-bond acceptors (Lipinski definition) is 6. The number of benzene rings is 1. The summed E-state index contributed by atoms with van der Waals surface area (Å²) in [7, 11) is 0. The van der Waals surface area contributed by atoms with E-state index in [-0.39, 0.29) is 12.4 Å². The first-order valence-corrected chi connectivity index (χ1v) is 6.68. The van der Waals surface area contributed by atoms with Crippen LogP contribution in [0.5, 0.6) is 0 Å². The summed E-state index contributed by atoms with van der Waals surface area (Å²) in [5.74, 6) is 1.65. The summed E-state index contributed by atoms with van der Waals surface area (Å²) in [6, 6.07) is 7.89. The first-order valence-electron chi connectivity index (χ1n) is 5.69. The van der Waals surface area contributed by atoms with Crippen LogP contribution in [0.3, 0.4) is 0 Å². The van der Waals surface area contributed by atoms with E-state index in [0.717, 1.165) is 11.3 Å². The second kappa shape index (κ2) is 5.99. The van der Waals surface area contributed by atoms with E-state index in [1.807, 2.05) is 24.3 Å². The second-order valence-electron chi connectivity index (χ2n) is 3.67. The molecule has 1 heterocycles. The number of aliphatic hydroxyl groups is 1. The molecule has 0 saturated heterocycles. The van der Waals surface area contributed by atoms with E-state index in [0.29, 0.717) is 5.82 Å². The number of nitrogens with zero attached hydrogens (tertiary/aromatic N) is 2. The summed E-state index contributed by atoms with van der Waals surface area (Å²) in [5.41, 5.74) is 6.18. The summed E-state index contributed by atoms with van der Waals surface area (Å²) in [6.45, 7) is 2.17. The molecule has 1 atom stereocenters. The number of rotatable bonds is 5. The normalized spacial score (nSPS) is 12.6. The maximum atomic E-state index is 9.48. The predicted molar refractivity (Wildman–Crippen MR) is 70.1 cm³/mol. The molecule has 2 rings (SSSR count). The van der Waals surface area contributed by atoms with Gasteiger partial charge in [0.05, 0.1) is 0 Å². The van der Waals surface area contributed by atoms with Gasteiger partial charge in [-0.2, -0.15) is 4.98 Å². The van der Waals surface area contributed by atoms with Gasteiger partial charge >= 0.3 is 0 Å². The van der Waals surface area contributed by atoms with Crippen LogP contribution in [0.15, 0.2) is 33.7 Å². The maximum absolute atomic E-state index is 9.48. The lowest BCUT2D eigenvalue weighted by molar-refractivity contribution is 0.141. The molecular formula is C12H15N3O2S. The van der Waals surface area contributed by atoms with Crippen molar-refractivity contribution in [2.45, 2.75) is 17.9 Å². The topological polar surface area (TPSA) is 85.2 Å². The first kappa shape index (κ1) is 13.1. The van der Waals surface area contributed by atoms with Gasteiger partial charge in [0.2, 0.25) is 5.82 Å². The molecular weight excluding hydrogens is 250 g/mol. The predicted octanol–water partition coefficient (Wildman–Crippen LogP) is 1.84. The molecule has 0 aliphatic rings. The third kappa shape index (κ3) is 2.90. The van der Waals surface area contributed by atoms with Crippen molar-refractivity contribution in [2.24, 2.45) is 5.73 Å². The number of aliphatic hydroxyl groups excluding tert-OH is 1. The molecule has 3 N–H and O–H groups in total. The average Bonchev–Trinajstić information content (AvgIpc) is 2.89. The zero-order valence-electron chi connectivity index (χ0n) is 10.0. The number of aromatic nitrogens is 2. The first-order chi connectivity index (χ1) is 8.74. The number of thioether (sulfide) groups is 1. The van der Waals surface area contributed by atoms with E-state index in [2.05, 4.69) is 17.1 Å². The van der Waals surface area contributed by atoms with Crippen LogP contribution in [-0.4, -0.2) is 27.5 Å². The Hall–Kier alpha value is -1.37. The largest absolute Gasteiger partial charge is 0.382 e. The molecule has 0 radical (unpaired) electrons. The van der Waals surface area contributed by atoms with E-state index in [9.17, 15) is 5.11 Å². The second-order valence-corrected chi connectivity index (χ2v) is 5.00.